The van der Waals surface area contributed by atoms with Crippen LogP contribution < -0.4 is 4.90 Å². The number of fused-ring (bicyclic) bond motifs is 1. The molecule has 178 valence electrons. The zero-order valence-electron chi connectivity index (χ0n) is 18.9. The Labute approximate surface area is 192 Å². The second kappa shape index (κ2) is 10.0. The van der Waals surface area contributed by atoms with E-state index in [1.54, 1.807) is 17.0 Å². The average molecular weight is 462 g/mol. The lowest BCUT2D eigenvalue weighted by atomic mass is 10.1. The van der Waals surface area contributed by atoms with E-state index >= 15 is 0 Å². The molecule has 2 aromatic carbocycles. The fourth-order valence-corrected chi connectivity index (χ4v) is 4.66. The van der Waals surface area contributed by atoms with Crippen molar-refractivity contribution in [2.75, 3.05) is 37.6 Å². The van der Waals surface area contributed by atoms with Crippen LogP contribution in [0.25, 0.3) is 0 Å². The summed E-state index contributed by atoms with van der Waals surface area (Å²) < 4.78 is 41.6. The summed E-state index contributed by atoms with van der Waals surface area (Å²) in [7, 11) is 0. The van der Waals surface area contributed by atoms with Gasteiger partial charge in [0.15, 0.2) is 17.5 Å². The molecule has 1 N–H and O–H groups in total. The molecule has 1 saturated heterocycles. The second-order valence-corrected chi connectivity index (χ2v) is 8.97. The van der Waals surface area contributed by atoms with Crippen LogP contribution in [0, 0.1) is 24.4 Å². The minimum absolute atomic E-state index is 0.129. The Morgan fingerprint density at radius 3 is 2.42 bits per heavy atom. The van der Waals surface area contributed by atoms with Crippen molar-refractivity contribution in [2.45, 2.75) is 45.7 Å². The van der Waals surface area contributed by atoms with Gasteiger partial charge in [-0.25, -0.2) is 13.2 Å². The highest BCUT2D eigenvalue weighted by molar-refractivity contribution is 5.77. The van der Waals surface area contributed by atoms with Crippen molar-refractivity contribution in [2.24, 2.45) is 0 Å². The third-order valence-corrected chi connectivity index (χ3v) is 6.70. The molecule has 2 aliphatic rings. The summed E-state index contributed by atoms with van der Waals surface area (Å²) in [5.41, 5.74) is 1.96. The fraction of sp³-hybridized carbons (Fsp3) is 0.480. The van der Waals surface area contributed by atoms with Gasteiger partial charge in [0.05, 0.1) is 5.69 Å². The standard InChI is InChI=1S/C25H30F3N3O2/c1-17-24(27)21(26)14-22(25(17)28)30-11-9-29(10-12-30)8-4-2-3-5-23(33)31-15-18-6-7-20(32)13-19(18)16-31/h6-7,13-14,32H,2-5,8-12,15-16H2,1H3. The number of rotatable bonds is 7. The Bertz CT molecular complexity index is 1020. The first-order valence-corrected chi connectivity index (χ1v) is 11.5. The zero-order chi connectivity index (χ0) is 23.5. The maximum absolute atomic E-state index is 14.4. The number of phenols is 1. The third kappa shape index (κ3) is 5.27. The topological polar surface area (TPSA) is 47.0 Å². The molecule has 0 aliphatic carbocycles. The Morgan fingerprint density at radius 1 is 0.939 bits per heavy atom. The van der Waals surface area contributed by atoms with Crippen LogP contribution in [0.4, 0.5) is 18.9 Å². The van der Waals surface area contributed by atoms with Gasteiger partial charge in [-0.05, 0) is 49.6 Å². The monoisotopic (exact) mass is 461 g/mol. The summed E-state index contributed by atoms with van der Waals surface area (Å²) in [5, 5.41) is 9.59. The quantitative estimate of drug-likeness (QED) is 0.492. The molecule has 0 spiro atoms. The van der Waals surface area contributed by atoms with Crippen molar-refractivity contribution < 1.29 is 23.1 Å². The first kappa shape index (κ1) is 23.4. The molecule has 0 saturated carbocycles. The molecular formula is C25H30F3N3O2. The van der Waals surface area contributed by atoms with Crippen LogP contribution in [0.2, 0.25) is 0 Å². The van der Waals surface area contributed by atoms with Gasteiger partial charge in [-0.3, -0.25) is 9.69 Å². The molecule has 0 unspecified atom stereocenters. The van der Waals surface area contributed by atoms with Crippen LogP contribution in [0.15, 0.2) is 24.3 Å². The van der Waals surface area contributed by atoms with Crippen LogP contribution in [-0.4, -0.2) is 53.5 Å². The highest BCUT2D eigenvalue weighted by atomic mass is 19.2. The van der Waals surface area contributed by atoms with Crippen molar-refractivity contribution in [3.63, 3.8) is 0 Å². The van der Waals surface area contributed by atoms with Gasteiger partial charge in [0.2, 0.25) is 5.91 Å². The van der Waals surface area contributed by atoms with Crippen molar-refractivity contribution >= 4 is 11.6 Å². The number of carbonyl (C=O) groups is 1. The molecule has 33 heavy (non-hydrogen) atoms. The number of anilines is 1. The van der Waals surface area contributed by atoms with E-state index in [0.29, 0.717) is 32.6 Å². The summed E-state index contributed by atoms with van der Waals surface area (Å²) in [6, 6.07) is 6.21. The molecule has 0 aromatic heterocycles. The number of amides is 1. The second-order valence-electron chi connectivity index (χ2n) is 8.97. The van der Waals surface area contributed by atoms with E-state index in [1.165, 1.54) is 6.92 Å². The first-order chi connectivity index (χ1) is 15.8. The normalized spacial score (nSPS) is 16.4. The molecule has 2 heterocycles. The minimum atomic E-state index is -1.12. The van der Waals surface area contributed by atoms with E-state index in [1.807, 2.05) is 11.0 Å². The summed E-state index contributed by atoms with van der Waals surface area (Å²) >= 11 is 0. The number of piperazine rings is 1. The van der Waals surface area contributed by atoms with Crippen LogP contribution >= 0.6 is 0 Å². The predicted molar refractivity (Wildman–Crippen MR) is 121 cm³/mol. The van der Waals surface area contributed by atoms with Gasteiger partial charge in [0.1, 0.15) is 5.75 Å². The Balaban J connectivity index is 1.14. The number of benzene rings is 2. The van der Waals surface area contributed by atoms with Crippen LogP contribution in [0.5, 0.6) is 5.75 Å². The van der Waals surface area contributed by atoms with Crippen molar-refractivity contribution in [3.05, 3.63) is 58.4 Å². The van der Waals surface area contributed by atoms with E-state index in [-0.39, 0.29) is 22.9 Å². The lowest BCUT2D eigenvalue weighted by Crippen LogP contribution is -2.47. The largest absolute Gasteiger partial charge is 0.508 e. The van der Waals surface area contributed by atoms with Gasteiger partial charge >= 0.3 is 0 Å². The lowest BCUT2D eigenvalue weighted by molar-refractivity contribution is -0.131. The molecule has 1 amide bonds. The molecule has 2 aliphatic heterocycles. The number of unbranched alkanes of at least 4 members (excludes halogenated alkanes) is 2. The van der Waals surface area contributed by atoms with Crippen molar-refractivity contribution in [3.8, 4) is 5.75 Å². The van der Waals surface area contributed by atoms with Gasteiger partial charge in [-0.15, -0.1) is 0 Å². The number of aromatic hydroxyl groups is 1. The van der Waals surface area contributed by atoms with Crippen LogP contribution in [0.3, 0.4) is 0 Å². The molecular weight excluding hydrogens is 431 g/mol. The van der Waals surface area contributed by atoms with Crippen LogP contribution in [-0.2, 0) is 17.9 Å². The van der Waals surface area contributed by atoms with E-state index < -0.39 is 17.5 Å². The van der Waals surface area contributed by atoms with Gasteiger partial charge in [0.25, 0.3) is 0 Å². The van der Waals surface area contributed by atoms with Gasteiger partial charge < -0.3 is 14.9 Å². The highest BCUT2D eigenvalue weighted by Crippen LogP contribution is 2.28. The third-order valence-electron chi connectivity index (χ3n) is 6.70. The molecule has 0 radical (unpaired) electrons. The number of hydrogen-bond donors (Lipinski definition) is 1. The summed E-state index contributed by atoms with van der Waals surface area (Å²) in [4.78, 5) is 18.4. The number of carbonyl (C=O) groups excluding carboxylic acids is 1. The summed E-state index contributed by atoms with van der Waals surface area (Å²) in [6.45, 7) is 5.91. The predicted octanol–water partition coefficient (Wildman–Crippen LogP) is 4.34. The van der Waals surface area contributed by atoms with Gasteiger partial charge in [-0.2, -0.15) is 0 Å². The SMILES string of the molecule is Cc1c(F)c(F)cc(N2CCN(CCCCCC(=O)N3Cc4ccc(O)cc4C3)CC2)c1F. The Hall–Kier alpha value is -2.74. The Morgan fingerprint density at radius 2 is 1.67 bits per heavy atom. The molecule has 2 aromatic rings. The summed E-state index contributed by atoms with van der Waals surface area (Å²) in [6.07, 6.45) is 3.27. The first-order valence-electron chi connectivity index (χ1n) is 11.5. The maximum Gasteiger partial charge on any atom is 0.223 e. The van der Waals surface area contributed by atoms with Crippen LogP contribution in [0.1, 0.15) is 42.4 Å². The maximum atomic E-state index is 14.4. The number of phenolic OH excluding ortho intramolecular Hbond substituents is 1. The highest BCUT2D eigenvalue weighted by Gasteiger charge is 2.24. The molecule has 0 atom stereocenters. The molecule has 0 bridgehead atoms. The molecule has 8 heteroatoms. The average Bonchev–Trinajstić information content (AvgIpc) is 3.23. The van der Waals surface area contributed by atoms with E-state index in [9.17, 15) is 23.1 Å². The number of hydrogen-bond acceptors (Lipinski definition) is 4. The van der Waals surface area contributed by atoms with Crippen molar-refractivity contribution in [1.82, 2.24) is 9.80 Å². The zero-order valence-corrected chi connectivity index (χ0v) is 18.9. The van der Waals surface area contributed by atoms with Crippen molar-refractivity contribution in [1.29, 1.82) is 0 Å². The number of halogens is 3. The molecule has 1 fully saturated rings. The molecule has 4 rings (SSSR count). The Kier molecular flexibility index (Phi) is 7.12. The number of nitrogens with zero attached hydrogens (tertiary/aromatic N) is 3. The van der Waals surface area contributed by atoms with Gasteiger partial charge in [0, 0.05) is 57.3 Å². The van der Waals surface area contributed by atoms with Gasteiger partial charge in [-0.1, -0.05) is 12.5 Å². The summed E-state index contributed by atoms with van der Waals surface area (Å²) in [5.74, 6) is -2.46. The smallest absolute Gasteiger partial charge is 0.223 e. The van der Waals surface area contributed by atoms with E-state index in [2.05, 4.69) is 4.90 Å². The lowest BCUT2D eigenvalue weighted by Gasteiger charge is -2.36. The van der Waals surface area contributed by atoms with E-state index in [0.717, 1.165) is 56.1 Å². The van der Waals surface area contributed by atoms with E-state index in [4.69, 9.17) is 0 Å². The molecule has 5 nitrogen and oxygen atoms in total. The minimum Gasteiger partial charge on any atom is -0.508 e. The fourth-order valence-electron chi connectivity index (χ4n) is 4.66.